The molecule has 0 saturated carbocycles. The van der Waals surface area contributed by atoms with Crippen molar-refractivity contribution in [2.75, 3.05) is 32.7 Å². The number of rotatable bonds is 5. The Bertz CT molecular complexity index is 775. The van der Waals surface area contributed by atoms with Gasteiger partial charge in [0.2, 0.25) is 5.91 Å². The monoisotopic (exact) mass is 449 g/mol. The maximum atomic E-state index is 13.3. The van der Waals surface area contributed by atoms with E-state index in [2.05, 4.69) is 64.4 Å². The third-order valence-electron chi connectivity index (χ3n) is 6.39. The molecule has 2 fully saturated rings. The second-order valence-corrected chi connectivity index (χ2v) is 8.32. The molecule has 1 amide bonds. The molecule has 6 heteroatoms. The lowest BCUT2D eigenvalue weighted by molar-refractivity contribution is -0.136. The van der Waals surface area contributed by atoms with Crippen LogP contribution < -0.4 is 5.73 Å². The summed E-state index contributed by atoms with van der Waals surface area (Å²) in [5.74, 6) is 1.16. The Kier molecular flexibility index (Phi) is 9.63. The van der Waals surface area contributed by atoms with Gasteiger partial charge in [-0.3, -0.25) is 9.69 Å². The molecule has 4 nitrogen and oxygen atoms in total. The number of piperidine rings is 1. The topological polar surface area (TPSA) is 49.6 Å². The van der Waals surface area contributed by atoms with Crippen molar-refractivity contribution < 1.29 is 4.79 Å². The van der Waals surface area contributed by atoms with E-state index in [1.54, 1.807) is 0 Å². The Morgan fingerprint density at radius 3 is 2.27 bits per heavy atom. The molecule has 164 valence electrons. The van der Waals surface area contributed by atoms with E-state index in [0.717, 1.165) is 45.6 Å². The van der Waals surface area contributed by atoms with Gasteiger partial charge in [-0.1, -0.05) is 60.7 Å². The van der Waals surface area contributed by atoms with E-state index in [0.29, 0.717) is 24.3 Å². The third kappa shape index (κ3) is 5.76. The van der Waals surface area contributed by atoms with Crippen LogP contribution in [0, 0.1) is 11.8 Å². The number of hydrogen-bond acceptors (Lipinski definition) is 3. The van der Waals surface area contributed by atoms with Crippen molar-refractivity contribution in [3.8, 4) is 0 Å². The summed E-state index contributed by atoms with van der Waals surface area (Å²) >= 11 is 0. The smallest absolute Gasteiger partial charge is 0.227 e. The summed E-state index contributed by atoms with van der Waals surface area (Å²) in [5.41, 5.74) is 8.70. The van der Waals surface area contributed by atoms with Gasteiger partial charge in [-0.15, -0.1) is 24.8 Å². The lowest BCUT2D eigenvalue weighted by Crippen LogP contribution is -2.44. The van der Waals surface area contributed by atoms with Gasteiger partial charge in [0.05, 0.1) is 5.92 Å². The number of likely N-dealkylation sites (tertiary alicyclic amines) is 2. The quantitative estimate of drug-likeness (QED) is 0.751. The molecule has 2 aliphatic heterocycles. The summed E-state index contributed by atoms with van der Waals surface area (Å²) in [6.45, 7) is 5.12. The van der Waals surface area contributed by atoms with Crippen LogP contribution in [0.4, 0.5) is 0 Å². The number of nitrogens with zero attached hydrogens (tertiary/aromatic N) is 2. The summed E-state index contributed by atoms with van der Waals surface area (Å²) in [7, 11) is 0. The van der Waals surface area contributed by atoms with E-state index in [1.165, 1.54) is 11.1 Å². The van der Waals surface area contributed by atoms with E-state index in [-0.39, 0.29) is 30.7 Å². The van der Waals surface area contributed by atoms with Crippen LogP contribution in [0.15, 0.2) is 60.7 Å². The molecule has 4 rings (SSSR count). The minimum atomic E-state index is 0. The summed E-state index contributed by atoms with van der Waals surface area (Å²) < 4.78 is 0. The van der Waals surface area contributed by atoms with Crippen LogP contribution >= 0.6 is 24.8 Å². The van der Waals surface area contributed by atoms with E-state index >= 15 is 0 Å². The normalized spacial score (nSPS) is 24.0. The number of carbonyl (C=O) groups is 1. The summed E-state index contributed by atoms with van der Waals surface area (Å²) in [6, 6.07) is 21.1. The van der Waals surface area contributed by atoms with Gasteiger partial charge in [-0.25, -0.2) is 0 Å². The SMILES string of the molecule is Cl.Cl.NC[C@@H]1CN(C(=O)C2CCCN(Cc3ccccc3)C2)C[C@H]1c1ccccc1. The van der Waals surface area contributed by atoms with Gasteiger partial charge in [0.25, 0.3) is 0 Å². The van der Waals surface area contributed by atoms with Crippen molar-refractivity contribution in [1.82, 2.24) is 9.80 Å². The van der Waals surface area contributed by atoms with Gasteiger partial charge in [-0.2, -0.15) is 0 Å². The average Bonchev–Trinajstić information content (AvgIpc) is 3.19. The Morgan fingerprint density at radius 1 is 0.933 bits per heavy atom. The highest BCUT2D eigenvalue weighted by atomic mass is 35.5. The maximum absolute atomic E-state index is 13.3. The predicted molar refractivity (Wildman–Crippen MR) is 127 cm³/mol. The van der Waals surface area contributed by atoms with Gasteiger partial charge in [-0.05, 0) is 43.0 Å². The van der Waals surface area contributed by atoms with Crippen LogP contribution in [0.25, 0.3) is 0 Å². The van der Waals surface area contributed by atoms with E-state index in [4.69, 9.17) is 5.73 Å². The molecule has 0 bridgehead atoms. The summed E-state index contributed by atoms with van der Waals surface area (Å²) in [4.78, 5) is 17.8. The second kappa shape index (κ2) is 11.7. The van der Waals surface area contributed by atoms with Gasteiger partial charge >= 0.3 is 0 Å². The molecule has 2 aliphatic rings. The van der Waals surface area contributed by atoms with Crippen molar-refractivity contribution in [3.63, 3.8) is 0 Å². The molecule has 2 aromatic carbocycles. The van der Waals surface area contributed by atoms with Crippen molar-refractivity contribution in [2.45, 2.75) is 25.3 Å². The number of halogens is 2. The number of benzene rings is 2. The predicted octanol–water partition coefficient (Wildman–Crippen LogP) is 3.94. The zero-order chi connectivity index (χ0) is 19.3. The molecule has 0 spiro atoms. The minimum Gasteiger partial charge on any atom is -0.341 e. The van der Waals surface area contributed by atoms with Gasteiger partial charge in [0, 0.05) is 32.1 Å². The van der Waals surface area contributed by atoms with Crippen LogP contribution in [0.2, 0.25) is 0 Å². The number of nitrogens with two attached hydrogens (primary N) is 1. The van der Waals surface area contributed by atoms with E-state index < -0.39 is 0 Å². The van der Waals surface area contributed by atoms with E-state index in [1.807, 2.05) is 6.07 Å². The zero-order valence-corrected chi connectivity index (χ0v) is 19.0. The van der Waals surface area contributed by atoms with Crippen LogP contribution in [0.3, 0.4) is 0 Å². The lowest BCUT2D eigenvalue weighted by atomic mass is 9.89. The molecule has 2 aromatic rings. The standard InChI is InChI=1S/C24H31N3O.2ClH/c25-14-22-17-27(18-23(22)20-10-5-2-6-11-20)24(28)21-12-7-13-26(16-21)15-19-8-3-1-4-9-19;;/h1-6,8-11,21-23H,7,12-18,25H2;2*1H/t21?,22-,23+;;/m1../s1. The second-order valence-electron chi connectivity index (χ2n) is 8.32. The highest BCUT2D eigenvalue weighted by Gasteiger charge is 2.38. The molecule has 0 aliphatic carbocycles. The molecule has 1 unspecified atom stereocenters. The fourth-order valence-corrected chi connectivity index (χ4v) is 4.87. The van der Waals surface area contributed by atoms with Crippen molar-refractivity contribution >= 4 is 30.7 Å². The van der Waals surface area contributed by atoms with Gasteiger partial charge in [0.15, 0.2) is 0 Å². The van der Waals surface area contributed by atoms with Gasteiger partial charge < -0.3 is 10.6 Å². The van der Waals surface area contributed by atoms with E-state index in [9.17, 15) is 4.79 Å². The average molecular weight is 450 g/mol. The molecule has 3 atom stereocenters. The highest BCUT2D eigenvalue weighted by Crippen LogP contribution is 2.33. The zero-order valence-electron chi connectivity index (χ0n) is 17.4. The van der Waals surface area contributed by atoms with Crippen LogP contribution in [0.5, 0.6) is 0 Å². The molecule has 30 heavy (non-hydrogen) atoms. The van der Waals surface area contributed by atoms with Crippen LogP contribution in [-0.4, -0.2) is 48.4 Å². The fraction of sp³-hybridized carbons (Fsp3) is 0.458. The Labute approximate surface area is 192 Å². The van der Waals surface area contributed by atoms with Crippen molar-refractivity contribution in [1.29, 1.82) is 0 Å². The van der Waals surface area contributed by atoms with Gasteiger partial charge in [0.1, 0.15) is 0 Å². The van der Waals surface area contributed by atoms with Crippen LogP contribution in [-0.2, 0) is 11.3 Å². The molecule has 2 N–H and O–H groups in total. The van der Waals surface area contributed by atoms with Crippen molar-refractivity contribution in [2.24, 2.45) is 17.6 Å². The largest absolute Gasteiger partial charge is 0.341 e. The number of hydrogen-bond donors (Lipinski definition) is 1. The Morgan fingerprint density at radius 2 is 1.60 bits per heavy atom. The summed E-state index contributed by atoms with van der Waals surface area (Å²) in [6.07, 6.45) is 2.10. The van der Waals surface area contributed by atoms with Crippen molar-refractivity contribution in [3.05, 3.63) is 71.8 Å². The Balaban J connectivity index is 0.00000160. The molecule has 2 heterocycles. The first-order chi connectivity index (χ1) is 13.7. The number of amides is 1. The number of carbonyl (C=O) groups excluding carboxylic acids is 1. The fourth-order valence-electron chi connectivity index (χ4n) is 4.87. The Hall–Kier alpha value is -1.59. The molecular weight excluding hydrogens is 417 g/mol. The highest BCUT2D eigenvalue weighted by molar-refractivity contribution is 5.85. The maximum Gasteiger partial charge on any atom is 0.227 e. The first-order valence-electron chi connectivity index (χ1n) is 10.5. The molecular formula is C24H33Cl2N3O. The first kappa shape index (κ1) is 24.7. The molecule has 2 saturated heterocycles. The minimum absolute atomic E-state index is 0. The summed E-state index contributed by atoms with van der Waals surface area (Å²) in [5, 5.41) is 0. The lowest BCUT2D eigenvalue weighted by Gasteiger charge is -2.34. The first-order valence-corrected chi connectivity index (χ1v) is 10.5. The molecule has 0 radical (unpaired) electrons. The third-order valence-corrected chi connectivity index (χ3v) is 6.39. The molecule has 0 aromatic heterocycles. The van der Waals surface area contributed by atoms with Crippen LogP contribution in [0.1, 0.15) is 29.9 Å².